The van der Waals surface area contributed by atoms with Gasteiger partial charge in [-0.15, -0.1) is 0 Å². The molecule has 0 bridgehead atoms. The number of hydrogen-bond acceptors (Lipinski definition) is 1. The fourth-order valence-electron chi connectivity index (χ4n) is 6.31. The van der Waals surface area contributed by atoms with E-state index in [1.165, 1.54) is 63.7 Å². The van der Waals surface area contributed by atoms with E-state index >= 15 is 0 Å². The molecule has 5 aromatic carbocycles. The number of fused-ring (bicyclic) bond motifs is 6. The Kier molecular flexibility index (Phi) is 11.7. The Bertz CT molecular complexity index is 1680. The molecule has 1 unspecified atom stereocenters. The van der Waals surface area contributed by atoms with Gasteiger partial charge in [0.25, 0.3) is 0 Å². The molecular formula is C36H40Cl2OSi2Zr-. The third-order valence-electron chi connectivity index (χ3n) is 7.54. The van der Waals surface area contributed by atoms with Gasteiger partial charge in [-0.05, 0) is 55.2 Å². The second-order valence-corrected chi connectivity index (χ2v) is 21.8. The Morgan fingerprint density at radius 2 is 1.33 bits per heavy atom. The van der Waals surface area contributed by atoms with Crippen LogP contribution in [0.3, 0.4) is 0 Å². The van der Waals surface area contributed by atoms with Crippen LogP contribution < -0.4 is 30.0 Å². The molecule has 1 nitrogen and oxygen atoms in total. The average Bonchev–Trinajstić information content (AvgIpc) is 3.42. The molecular weight excluding hydrogens is 667 g/mol. The summed E-state index contributed by atoms with van der Waals surface area (Å²) in [6, 6.07) is 29.5. The largest absolute Gasteiger partial charge is 1.00 e. The summed E-state index contributed by atoms with van der Waals surface area (Å²) in [4.78, 5) is 0. The molecule has 0 aromatic heterocycles. The first-order valence-electron chi connectivity index (χ1n) is 14.3. The molecule has 1 aliphatic rings. The van der Waals surface area contributed by atoms with Gasteiger partial charge in [-0.1, -0.05) is 135 Å². The van der Waals surface area contributed by atoms with E-state index in [2.05, 4.69) is 132 Å². The van der Waals surface area contributed by atoms with E-state index in [1.807, 2.05) is 0 Å². The topological polar surface area (TPSA) is 9.23 Å². The second kappa shape index (κ2) is 14.1. The van der Waals surface area contributed by atoms with Gasteiger partial charge in [0.1, 0.15) is 0 Å². The van der Waals surface area contributed by atoms with Crippen molar-refractivity contribution in [1.82, 2.24) is 0 Å². The number of hydrogen-bond donors (Lipinski definition) is 0. The second-order valence-electron chi connectivity index (χ2n) is 12.4. The number of halogens is 2. The molecule has 217 valence electrons. The minimum atomic E-state index is -1.72. The summed E-state index contributed by atoms with van der Waals surface area (Å²) in [7, 11) is -2.52. The summed E-state index contributed by atoms with van der Waals surface area (Å²) in [5, 5.41) is 7.01. The maximum Gasteiger partial charge on any atom is -1.00 e. The molecule has 0 saturated heterocycles. The Balaban J connectivity index is 0.000000760. The van der Waals surface area contributed by atoms with Crippen molar-refractivity contribution in [1.29, 1.82) is 0 Å². The van der Waals surface area contributed by atoms with Crippen molar-refractivity contribution < 1.29 is 53.5 Å². The minimum Gasteiger partial charge on any atom is -1.00 e. The molecule has 0 heterocycles. The summed E-state index contributed by atoms with van der Waals surface area (Å²) in [5.41, 5.74) is 10.1. The monoisotopic (exact) mass is 704 g/mol. The van der Waals surface area contributed by atoms with Crippen LogP contribution in [0, 0.1) is 0 Å². The van der Waals surface area contributed by atoms with Crippen LogP contribution in [-0.4, -0.2) is 20.3 Å². The van der Waals surface area contributed by atoms with Gasteiger partial charge in [0.2, 0.25) is 0 Å². The fourth-order valence-corrected chi connectivity index (χ4v) is 9.13. The predicted octanol–water partition coefficient (Wildman–Crippen LogP) is 3.58. The zero-order chi connectivity index (χ0) is 28.8. The first kappa shape index (κ1) is 35.0. The SMILES string of the molecule is CC(O[Si](C)(C)C)c1cc2c(c(-[c-]3c4ccccc4c4ccccc43)c1[Si](C)C)Cc1ccccc1-2.C[C](C)=[Zr+2].[Cl-].[Cl-]. The summed E-state index contributed by atoms with van der Waals surface area (Å²) in [6.07, 6.45) is 1.08. The van der Waals surface area contributed by atoms with E-state index in [9.17, 15) is 0 Å². The molecule has 0 saturated carbocycles. The van der Waals surface area contributed by atoms with Crippen molar-refractivity contribution in [2.45, 2.75) is 66.0 Å². The molecule has 1 atom stereocenters. The summed E-state index contributed by atoms with van der Waals surface area (Å²) < 4.78 is 8.27. The van der Waals surface area contributed by atoms with Crippen LogP contribution in [0.1, 0.15) is 43.6 Å². The first-order chi connectivity index (χ1) is 19.0. The Labute approximate surface area is 282 Å². The fraction of sp³-hybridized carbons (Fsp3) is 0.278. The van der Waals surface area contributed by atoms with Gasteiger partial charge >= 0.3 is 41.3 Å². The van der Waals surface area contributed by atoms with Crippen molar-refractivity contribution in [2.75, 3.05) is 0 Å². The summed E-state index contributed by atoms with van der Waals surface area (Å²) >= 11 is 1.55. The minimum absolute atomic E-state index is 0. The molecule has 0 fully saturated rings. The Morgan fingerprint density at radius 1 is 0.833 bits per heavy atom. The third-order valence-corrected chi connectivity index (χ3v) is 10.1. The molecule has 6 heteroatoms. The summed E-state index contributed by atoms with van der Waals surface area (Å²) in [5.74, 6) is 0. The molecule has 1 aliphatic carbocycles. The molecule has 1 radical (unpaired) electrons. The van der Waals surface area contributed by atoms with E-state index in [4.69, 9.17) is 4.43 Å². The summed E-state index contributed by atoms with van der Waals surface area (Å²) in [6.45, 7) is 18.3. The average molecular weight is 707 g/mol. The zero-order valence-corrected chi connectivity index (χ0v) is 31.9. The van der Waals surface area contributed by atoms with E-state index in [0.29, 0.717) is 0 Å². The van der Waals surface area contributed by atoms with Crippen LogP contribution in [0.5, 0.6) is 0 Å². The van der Waals surface area contributed by atoms with E-state index in [-0.39, 0.29) is 30.9 Å². The van der Waals surface area contributed by atoms with Crippen LogP contribution in [0.15, 0.2) is 78.9 Å². The molecule has 5 aromatic rings. The van der Waals surface area contributed by atoms with Gasteiger partial charge in [0.05, 0.1) is 6.10 Å². The van der Waals surface area contributed by atoms with Crippen molar-refractivity contribution in [3.05, 3.63) is 95.6 Å². The Hall–Kier alpha value is -1.52. The quantitative estimate of drug-likeness (QED) is 0.197. The van der Waals surface area contributed by atoms with Gasteiger partial charge < -0.3 is 29.2 Å². The smallest absolute Gasteiger partial charge is 1.00 e. The molecule has 0 amide bonds. The van der Waals surface area contributed by atoms with E-state index in [1.54, 1.807) is 29.4 Å². The predicted molar refractivity (Wildman–Crippen MR) is 177 cm³/mol. The molecule has 6 rings (SSSR count). The molecule has 42 heavy (non-hydrogen) atoms. The van der Waals surface area contributed by atoms with E-state index < -0.39 is 17.1 Å². The van der Waals surface area contributed by atoms with Crippen LogP contribution in [-0.2, 0) is 35.1 Å². The maximum absolute atomic E-state index is 6.76. The van der Waals surface area contributed by atoms with Crippen LogP contribution in [0.25, 0.3) is 43.8 Å². The van der Waals surface area contributed by atoms with Crippen LogP contribution in [0.2, 0.25) is 32.7 Å². The molecule has 0 N–H and O–H groups in total. The van der Waals surface area contributed by atoms with Gasteiger partial charge in [-0.25, -0.2) is 0 Å². The van der Waals surface area contributed by atoms with Crippen molar-refractivity contribution in [3.63, 3.8) is 0 Å². The van der Waals surface area contributed by atoms with Crippen molar-refractivity contribution in [2.24, 2.45) is 0 Å². The zero-order valence-electron chi connectivity index (χ0n) is 26.0. The molecule has 0 spiro atoms. The van der Waals surface area contributed by atoms with Gasteiger partial charge in [-0.2, -0.15) is 0 Å². The Morgan fingerprint density at radius 3 is 1.86 bits per heavy atom. The standard InChI is InChI=1S/C33H34OSi2.C3H6.2ClH.Zr/c1-21(34-36(4,5)6)28-20-29-23-14-8-7-13-22(23)19-30(29)32(33(28)35(2)3)31-26-17-11-9-15-24(26)25-16-10-12-18-27(25)31;1-3-2;;;/h7-18,20-21H,19H2,1-6H3;1-2H3;2*1H;/q-1;;;;+2/p-2. The maximum atomic E-state index is 6.76. The normalized spacial score (nSPS) is 12.6. The molecule has 0 aliphatic heterocycles. The van der Waals surface area contributed by atoms with Gasteiger partial charge in [0.15, 0.2) is 8.32 Å². The van der Waals surface area contributed by atoms with Crippen molar-refractivity contribution >= 4 is 47.1 Å². The number of rotatable bonds is 5. The third kappa shape index (κ3) is 6.90. The van der Waals surface area contributed by atoms with Gasteiger partial charge in [0, 0.05) is 8.80 Å². The van der Waals surface area contributed by atoms with Crippen LogP contribution >= 0.6 is 0 Å². The van der Waals surface area contributed by atoms with Gasteiger partial charge in [-0.3, -0.25) is 0 Å². The number of benzene rings is 4. The van der Waals surface area contributed by atoms with Crippen LogP contribution in [0.4, 0.5) is 0 Å². The first-order valence-corrected chi connectivity index (χ1v) is 21.5. The van der Waals surface area contributed by atoms with Crippen molar-refractivity contribution in [3.8, 4) is 22.3 Å². The van der Waals surface area contributed by atoms with E-state index in [0.717, 1.165) is 6.42 Å².